The maximum Gasteiger partial charge on any atom is 0.143 e. The van der Waals surface area contributed by atoms with Crippen LogP contribution in [0.25, 0.3) is 186 Å². The van der Waals surface area contributed by atoms with Crippen molar-refractivity contribution in [2.45, 2.75) is 0 Å². The molecule has 0 saturated carbocycles. The van der Waals surface area contributed by atoms with Crippen LogP contribution in [-0.4, -0.2) is 0 Å². The topological polar surface area (TPSA) is 26.3 Å². The summed E-state index contributed by atoms with van der Waals surface area (Å²) in [6.07, 6.45) is 0. The van der Waals surface area contributed by atoms with Crippen molar-refractivity contribution in [2.75, 3.05) is 0 Å². The molecule has 0 aliphatic rings. The van der Waals surface area contributed by atoms with E-state index < -0.39 is 507 Å². The van der Waals surface area contributed by atoms with Gasteiger partial charge in [0.15, 0.2) is 0 Å². The van der Waals surface area contributed by atoms with Crippen molar-refractivity contribution in [1.82, 2.24) is 0 Å². The first kappa shape index (κ1) is 20.9. The highest BCUT2D eigenvalue weighted by Crippen LogP contribution is 2.49. The van der Waals surface area contributed by atoms with Gasteiger partial charge in [0.25, 0.3) is 0 Å². The maximum absolute atomic E-state index is 9.82. The Bertz CT molecular complexity index is 9280. The molecule has 2 aromatic heterocycles. The highest BCUT2D eigenvalue weighted by atomic mass is 16.3. The van der Waals surface area contributed by atoms with Gasteiger partial charge in [-0.25, -0.2) is 0 Å². The minimum atomic E-state index is -1.14. The molecular weight excluding hydrogens is 1090 g/mol. The highest BCUT2D eigenvalue weighted by Gasteiger charge is 2.22. The van der Waals surface area contributed by atoms with Crippen LogP contribution in [0.2, 0.25) is 0 Å². The van der Waals surface area contributed by atoms with Crippen LogP contribution >= 0.6 is 0 Å². The van der Waals surface area contributed by atoms with Gasteiger partial charge in [-0.2, -0.15) is 0 Å². The molecule has 0 N–H and O–H groups in total. The Hall–Kier alpha value is -11.8. The van der Waals surface area contributed by atoms with E-state index in [0.717, 1.165) is 0 Å². The Labute approximate surface area is 595 Å². The molecular formula is C88H54O2. The first-order valence-electron chi connectivity index (χ1n) is 53.6. The molecule has 0 spiro atoms. The molecule has 2 heterocycles. The Morgan fingerprint density at radius 2 is 0.544 bits per heavy atom. The van der Waals surface area contributed by atoms with E-state index in [0.29, 0.717) is 0 Å². The molecule has 0 unspecified atom stereocenters. The molecule has 0 atom stereocenters. The van der Waals surface area contributed by atoms with Gasteiger partial charge in [0.2, 0.25) is 0 Å². The van der Waals surface area contributed by atoms with E-state index in [2.05, 4.69) is 0 Å². The lowest BCUT2D eigenvalue weighted by Crippen LogP contribution is -1.91. The van der Waals surface area contributed by atoms with E-state index in [1.54, 1.807) is 0 Å². The Morgan fingerprint density at radius 3 is 1.13 bits per heavy atom. The lowest BCUT2D eigenvalue weighted by Gasteiger charge is -2.18. The minimum Gasteiger partial charge on any atom is -0.456 e. The summed E-state index contributed by atoms with van der Waals surface area (Å²) in [4.78, 5) is 0. The van der Waals surface area contributed by atoms with Crippen LogP contribution < -0.4 is 0 Å². The first-order chi connectivity index (χ1) is 67.1. The fourth-order valence-corrected chi connectivity index (χ4v) is 10.9. The number of hydrogen-bond acceptors (Lipinski definition) is 2. The molecule has 0 saturated heterocycles. The molecule has 0 radical (unpaired) electrons. The molecule has 418 valence electrons. The number of benzene rings is 17. The molecule has 0 fully saturated rings. The predicted octanol–water partition coefficient (Wildman–Crippen LogP) is 25.2. The van der Waals surface area contributed by atoms with Gasteiger partial charge in [-0.1, -0.05) is 290 Å². The zero-order valence-corrected chi connectivity index (χ0v) is 44.8. The summed E-state index contributed by atoms with van der Waals surface area (Å²) in [5.74, 6) is 0. The van der Waals surface area contributed by atoms with Gasteiger partial charge in [-0.05, 0) is 167 Å². The molecule has 0 bridgehead atoms. The Kier molecular flexibility index (Phi) is 4.87. The fourth-order valence-electron chi connectivity index (χ4n) is 10.9. The third-order valence-corrected chi connectivity index (χ3v) is 14.7. The van der Waals surface area contributed by atoms with E-state index in [1.165, 1.54) is 0 Å². The highest BCUT2D eigenvalue weighted by molar-refractivity contribution is 6.26. The largest absolute Gasteiger partial charge is 0.456 e. The molecule has 0 aliphatic heterocycles. The molecule has 19 aromatic rings. The SMILES string of the molecule is [2H]c1c([2H])c(-c2c([2H])c([2H])c([2H])c3c([2H])c([2H])c([2H])c([2H])c23)c([2H])c(-c2c3c([2H])c([2H])c([2H])c([2H])c3c(-c3c([2H])c([2H])c(-c4c([2H])c([2H])c([2H])c5c([2H])c([2H])c([2H])c([2H])c45)c([2H])c3[2H])c3c([2H])c([2H])c([2H])c([2H])c23)c1[2H].[2H]c1c([2H])c([2H])c2c(oc3c(-c4c5c([2H])c([2H])c([2H])c([2H])c5c(-c5c([2H])c([2H])c6c(oc7c([2H])c8c([2H])c([2H])c([2H])c([2H])c8c([2H])c76)c5[2H])c5c([2H])c([2H])c([2H])c([2H])c45)c([2H])c([2H])c([2H])c32)c1[2H]. The molecule has 0 amide bonds. The van der Waals surface area contributed by atoms with Crippen LogP contribution in [0.4, 0.5) is 0 Å². The molecule has 0 aliphatic carbocycles. The summed E-state index contributed by atoms with van der Waals surface area (Å²) in [6, 6.07) is -49.4. The summed E-state index contributed by atoms with van der Waals surface area (Å²) in [5.41, 5.74) is -11.6. The van der Waals surface area contributed by atoms with Crippen molar-refractivity contribution in [2.24, 2.45) is 0 Å². The number of hydrogen-bond donors (Lipinski definition) is 0. The second-order valence-electron chi connectivity index (χ2n) is 19.5. The third-order valence-electron chi connectivity index (χ3n) is 14.7. The van der Waals surface area contributed by atoms with Crippen LogP contribution in [0.5, 0.6) is 0 Å². The van der Waals surface area contributed by atoms with Crippen LogP contribution in [0, 0.1) is 0 Å². The Morgan fingerprint density at radius 1 is 0.178 bits per heavy atom. The molecule has 2 heteroatoms. The maximum atomic E-state index is 9.82. The normalized spacial score (nSPS) is 20.2. The summed E-state index contributed by atoms with van der Waals surface area (Å²) in [5, 5.41) is -10.9. The van der Waals surface area contributed by atoms with E-state index in [1.807, 2.05) is 0 Å². The van der Waals surface area contributed by atoms with Crippen LogP contribution in [-0.2, 0) is 0 Å². The second kappa shape index (κ2) is 21.0. The molecule has 19 rings (SSSR count). The van der Waals surface area contributed by atoms with Gasteiger partial charge >= 0.3 is 0 Å². The Balaban J connectivity index is 0.000000191. The van der Waals surface area contributed by atoms with Crippen molar-refractivity contribution < 1.29 is 82.9 Å². The van der Waals surface area contributed by atoms with E-state index in [4.69, 9.17) is 58.2 Å². The summed E-state index contributed by atoms with van der Waals surface area (Å²) < 4.78 is 495. The van der Waals surface area contributed by atoms with Gasteiger partial charge < -0.3 is 8.83 Å². The fraction of sp³-hybridized carbons (Fsp3) is 0. The monoisotopic (exact) mass is 1200 g/mol. The molecule has 90 heavy (non-hydrogen) atoms. The summed E-state index contributed by atoms with van der Waals surface area (Å²) in [7, 11) is 0. The van der Waals surface area contributed by atoms with Gasteiger partial charge in [0, 0.05) is 32.7 Å². The number of rotatable bonds is 6. The number of furan rings is 2. The van der Waals surface area contributed by atoms with Crippen molar-refractivity contribution in [1.29, 1.82) is 0 Å². The van der Waals surface area contributed by atoms with E-state index in [-0.39, 0.29) is 5.39 Å². The summed E-state index contributed by atoms with van der Waals surface area (Å²) in [6.45, 7) is 0. The van der Waals surface area contributed by atoms with Gasteiger partial charge in [-0.3, -0.25) is 0 Å². The quantitative estimate of drug-likeness (QED) is 0.155. The predicted molar refractivity (Wildman–Crippen MR) is 383 cm³/mol. The average molecular weight is 1200 g/mol. The number of fused-ring (bicyclic) bond motifs is 13. The van der Waals surface area contributed by atoms with E-state index >= 15 is 0 Å². The van der Waals surface area contributed by atoms with Crippen molar-refractivity contribution in [3.63, 3.8) is 0 Å². The molecule has 17 aromatic carbocycles. The zero-order valence-electron chi connectivity index (χ0n) is 98.8. The van der Waals surface area contributed by atoms with Gasteiger partial charge in [0.05, 0.1) is 74.0 Å². The van der Waals surface area contributed by atoms with Crippen molar-refractivity contribution >= 4 is 119 Å². The zero-order chi connectivity index (χ0) is 106. The third kappa shape index (κ3) is 8.34. The number of para-hydroxylation sites is 2. The van der Waals surface area contributed by atoms with Crippen molar-refractivity contribution in [3.05, 3.63) is 326 Å². The lowest BCUT2D eigenvalue weighted by atomic mass is 9.85. The lowest BCUT2D eigenvalue weighted by molar-refractivity contribution is 0.669. The van der Waals surface area contributed by atoms with Gasteiger partial charge in [-0.15, -0.1) is 0 Å². The average Bonchev–Trinajstić information content (AvgIpc) is 1.07. The van der Waals surface area contributed by atoms with Crippen molar-refractivity contribution in [3.8, 4) is 66.8 Å². The first-order valence-corrected chi connectivity index (χ1v) is 26.6. The van der Waals surface area contributed by atoms with Crippen LogP contribution in [0.3, 0.4) is 0 Å². The van der Waals surface area contributed by atoms with Gasteiger partial charge in [0.1, 0.15) is 22.3 Å². The molecule has 2 nitrogen and oxygen atoms in total. The van der Waals surface area contributed by atoms with Crippen LogP contribution in [0.15, 0.2) is 335 Å². The van der Waals surface area contributed by atoms with Crippen LogP contribution in [0.1, 0.15) is 74.0 Å². The second-order valence-corrected chi connectivity index (χ2v) is 19.5. The standard InChI is InChI=1S/C46H30.C42H24O2/c1-3-18-37-31(12-1)14-10-24-39(37)33-26-28-34(29-27-33)45-41-20-5-7-22-43(41)46(44-23-8-6-21-42(44)45)36-17-9-16-35(30-36)40-25-11-15-32-13-2-4-19-38(32)40;1-2-11-26-23-39-36(22-25(26)10-1)29-21-20-27(24-38(29)43-39)40-30-13-3-5-15-32(30)41(33-16-6-4-14-31(33)40)35-18-9-17-34-28-12-7-8-19-37(28)44-42(34)35/h1-30H;1-24H/i1D,2D,3D,4D,5D,6D,7D,8D,9D,10D,11D,12D,13D,14D,15D,16D,17D,18D,19D,20D,21D,22D,23D,24D,25D,26D,27D,28D,29D,30D;1D,2D,3D,4D,5D,6D,7D,8D,9D,10D,11D,12D,13D,14D,15D,16D,17D,18D,19D,20D,21D,22D,23D,24D. The summed E-state index contributed by atoms with van der Waals surface area (Å²) >= 11 is 0. The van der Waals surface area contributed by atoms with E-state index in [9.17, 15) is 24.7 Å². The minimum absolute atomic E-state index is 0.376. The smallest absolute Gasteiger partial charge is 0.143 e.